The smallest absolute Gasteiger partial charge is 0.293 e. The molecule has 0 aliphatic carbocycles. The topological polar surface area (TPSA) is 192 Å². The summed E-state index contributed by atoms with van der Waals surface area (Å²) < 4.78 is 41.0. The van der Waals surface area contributed by atoms with Crippen LogP contribution >= 0.6 is 0 Å². The number of carbonyl (C=O) groups is 2. The highest BCUT2D eigenvalue weighted by atomic mass is 32.2. The molecule has 1 unspecified atom stereocenters. The summed E-state index contributed by atoms with van der Waals surface area (Å²) in [4.78, 5) is 52.0. The van der Waals surface area contributed by atoms with Crippen LogP contribution in [0.15, 0.2) is 90.1 Å². The number of carbonyl (C=O) groups excluding carboxylic acids is 2. The lowest BCUT2D eigenvalue weighted by Gasteiger charge is -2.40. The number of nitrogens with one attached hydrogen (secondary N) is 3. The third-order valence-electron chi connectivity index (χ3n) is 11.2. The molecular formula is C41H44N8O8S. The zero-order valence-corrected chi connectivity index (χ0v) is 32.7. The third-order valence-corrected chi connectivity index (χ3v) is 12.5. The Balaban J connectivity index is 1.03. The predicted molar refractivity (Wildman–Crippen MR) is 217 cm³/mol. The first-order chi connectivity index (χ1) is 28.0. The van der Waals surface area contributed by atoms with Crippen LogP contribution in [0.3, 0.4) is 0 Å². The second-order valence-electron chi connectivity index (χ2n) is 14.8. The Bertz CT molecular complexity index is 2460. The molecule has 2 saturated heterocycles. The number of sulfonamides is 1. The van der Waals surface area contributed by atoms with Gasteiger partial charge < -0.3 is 29.6 Å². The number of hydrogen-bond acceptors (Lipinski definition) is 12. The number of anilines is 2. The van der Waals surface area contributed by atoms with E-state index in [9.17, 15) is 28.1 Å². The van der Waals surface area contributed by atoms with E-state index < -0.39 is 31.4 Å². The maximum atomic E-state index is 13.9. The van der Waals surface area contributed by atoms with E-state index in [1.54, 1.807) is 29.3 Å². The molecule has 0 bridgehead atoms. The number of piperazine rings is 1. The zero-order valence-electron chi connectivity index (χ0n) is 31.9. The molecule has 2 amide bonds. The summed E-state index contributed by atoms with van der Waals surface area (Å²) in [7, 11) is -2.73. The average molecular weight is 809 g/mol. The van der Waals surface area contributed by atoms with Crippen molar-refractivity contribution >= 4 is 49.9 Å². The van der Waals surface area contributed by atoms with Gasteiger partial charge in [-0.2, -0.15) is 0 Å². The maximum Gasteiger partial charge on any atom is 0.293 e. The van der Waals surface area contributed by atoms with Gasteiger partial charge in [-0.3, -0.25) is 24.6 Å². The molecule has 3 aliphatic rings. The Kier molecular flexibility index (Phi) is 11.0. The first kappa shape index (κ1) is 38.8. The molecule has 5 aromatic rings. The molecule has 3 aliphatic heterocycles. The van der Waals surface area contributed by atoms with Crippen molar-refractivity contribution in [1.82, 2.24) is 24.5 Å². The van der Waals surface area contributed by atoms with Crippen LogP contribution < -0.4 is 19.7 Å². The molecule has 16 nitrogen and oxygen atoms in total. The fourth-order valence-corrected chi connectivity index (χ4v) is 8.85. The minimum atomic E-state index is -4.57. The quantitative estimate of drug-likeness (QED) is 0.118. The summed E-state index contributed by atoms with van der Waals surface area (Å²) in [6.07, 6.45) is 5.67. The molecular weight excluding hydrogens is 765 g/mol. The van der Waals surface area contributed by atoms with E-state index in [0.29, 0.717) is 63.9 Å². The lowest BCUT2D eigenvalue weighted by Crippen LogP contribution is -2.51. The van der Waals surface area contributed by atoms with Gasteiger partial charge in [0.1, 0.15) is 28.9 Å². The molecule has 8 rings (SSSR count). The number of pyridine rings is 1. The summed E-state index contributed by atoms with van der Waals surface area (Å²) in [5.74, 6) is -0.250. The van der Waals surface area contributed by atoms with Gasteiger partial charge in [0.25, 0.3) is 21.6 Å². The van der Waals surface area contributed by atoms with Crippen LogP contribution in [0.4, 0.5) is 17.1 Å². The minimum Gasteiger partial charge on any atom is -0.455 e. The number of nitro groups is 1. The maximum absolute atomic E-state index is 13.9. The average Bonchev–Trinajstić information content (AvgIpc) is 3.66. The van der Waals surface area contributed by atoms with Crippen molar-refractivity contribution in [3.8, 4) is 11.5 Å². The normalized spacial score (nSPS) is 18.1. The highest BCUT2D eigenvalue weighted by molar-refractivity contribution is 7.90. The third kappa shape index (κ3) is 8.19. The van der Waals surface area contributed by atoms with Crippen molar-refractivity contribution in [1.29, 1.82) is 0 Å². The predicted octanol–water partition coefficient (Wildman–Crippen LogP) is 5.10. The van der Waals surface area contributed by atoms with Crippen molar-refractivity contribution in [2.75, 3.05) is 69.7 Å². The number of aromatic nitrogens is 2. The monoisotopic (exact) mass is 808 g/mol. The molecule has 2 fully saturated rings. The van der Waals surface area contributed by atoms with Gasteiger partial charge in [0, 0.05) is 88.9 Å². The number of H-pyrrole nitrogens is 1. The van der Waals surface area contributed by atoms with Gasteiger partial charge >= 0.3 is 0 Å². The molecule has 58 heavy (non-hydrogen) atoms. The van der Waals surface area contributed by atoms with E-state index in [-0.39, 0.29) is 34.9 Å². The molecule has 302 valence electrons. The largest absolute Gasteiger partial charge is 0.455 e. The lowest BCUT2D eigenvalue weighted by atomic mass is 9.97. The Morgan fingerprint density at radius 1 is 1.02 bits per heavy atom. The first-order valence-corrected chi connectivity index (χ1v) is 20.8. The van der Waals surface area contributed by atoms with Gasteiger partial charge in [0.05, 0.1) is 21.6 Å². The second-order valence-corrected chi connectivity index (χ2v) is 16.5. The molecule has 0 radical (unpaired) electrons. The van der Waals surface area contributed by atoms with Gasteiger partial charge in [-0.25, -0.2) is 18.1 Å². The molecule has 5 heterocycles. The number of benzene rings is 3. The van der Waals surface area contributed by atoms with E-state index in [1.165, 1.54) is 30.0 Å². The lowest BCUT2D eigenvalue weighted by molar-refractivity contribution is -0.384. The molecule has 3 aromatic carbocycles. The van der Waals surface area contributed by atoms with E-state index >= 15 is 0 Å². The van der Waals surface area contributed by atoms with Crippen LogP contribution in [0, 0.1) is 16.0 Å². The van der Waals surface area contributed by atoms with Crippen LogP contribution in [0.5, 0.6) is 11.5 Å². The van der Waals surface area contributed by atoms with Crippen molar-refractivity contribution < 1.29 is 32.4 Å². The number of nitro benzene ring substituents is 1. The van der Waals surface area contributed by atoms with Crippen molar-refractivity contribution in [3.05, 3.63) is 112 Å². The molecule has 0 saturated carbocycles. The van der Waals surface area contributed by atoms with Crippen molar-refractivity contribution in [3.63, 3.8) is 0 Å². The number of hydrogen-bond donors (Lipinski definition) is 3. The molecule has 17 heteroatoms. The fraction of sp³-hybridized carbons (Fsp3) is 0.341. The van der Waals surface area contributed by atoms with Crippen molar-refractivity contribution in [2.24, 2.45) is 5.92 Å². The van der Waals surface area contributed by atoms with Gasteiger partial charge in [0.15, 0.2) is 0 Å². The van der Waals surface area contributed by atoms with Crippen molar-refractivity contribution in [2.45, 2.75) is 30.2 Å². The van der Waals surface area contributed by atoms with Crippen LogP contribution in [0.25, 0.3) is 11.0 Å². The van der Waals surface area contributed by atoms with Crippen LogP contribution in [-0.4, -0.2) is 104 Å². The number of fused-ring (bicyclic) bond motifs is 2. The number of rotatable bonds is 11. The van der Waals surface area contributed by atoms with Crippen LogP contribution in [-0.2, 0) is 26.0 Å². The van der Waals surface area contributed by atoms with Crippen LogP contribution in [0.2, 0.25) is 0 Å². The Morgan fingerprint density at radius 3 is 2.60 bits per heavy atom. The Morgan fingerprint density at radius 2 is 1.81 bits per heavy atom. The summed E-state index contributed by atoms with van der Waals surface area (Å²) in [5.41, 5.74) is 3.26. The standard InChI is InChI=1S/C41H44N8O8S/c1-46-15-11-28-4-2-3-5-33(28)38(41(46)51)48-18-16-47(17-19-48)30-6-8-34(37(23-30)57-31-22-29-10-14-42-39(29)44-26-31)40(50)45-58(54,55)32-7-9-35(36(24-32)49(52)53)43-25-27-12-20-56-21-13-27/h2-10,14,22-24,26-27,38,43H,11-13,15-21,25H2,1H3,(H,42,44)(H,45,50). The van der Waals surface area contributed by atoms with Gasteiger partial charge in [-0.1, -0.05) is 24.3 Å². The fourth-order valence-electron chi connectivity index (χ4n) is 7.86. The number of aromatic amines is 1. The van der Waals surface area contributed by atoms with E-state index in [1.807, 2.05) is 31.3 Å². The minimum absolute atomic E-state index is 0.0696. The van der Waals surface area contributed by atoms with Gasteiger partial charge in [-0.15, -0.1) is 0 Å². The highest BCUT2D eigenvalue weighted by Gasteiger charge is 2.36. The number of amides is 2. The summed E-state index contributed by atoms with van der Waals surface area (Å²) in [6, 6.07) is 19.7. The highest BCUT2D eigenvalue weighted by Crippen LogP contribution is 2.35. The van der Waals surface area contributed by atoms with Gasteiger partial charge in [0.2, 0.25) is 5.91 Å². The summed E-state index contributed by atoms with van der Waals surface area (Å²) in [5, 5.41) is 15.9. The van der Waals surface area contributed by atoms with Gasteiger partial charge in [-0.05, 0) is 72.7 Å². The summed E-state index contributed by atoms with van der Waals surface area (Å²) >= 11 is 0. The molecule has 1 atom stereocenters. The SMILES string of the molecule is CN1CCc2ccccc2C(N2CCN(c3ccc(C(=O)NS(=O)(=O)c4ccc(NCC5CCOCC5)c([N+](=O)[O-])c4)c(Oc4cnc5[nH]ccc5c4)c3)CC2)C1=O. The van der Waals surface area contributed by atoms with E-state index in [0.717, 1.165) is 42.0 Å². The van der Waals surface area contributed by atoms with E-state index in [2.05, 4.69) is 35.9 Å². The van der Waals surface area contributed by atoms with E-state index in [4.69, 9.17) is 9.47 Å². The first-order valence-electron chi connectivity index (χ1n) is 19.3. The summed E-state index contributed by atoms with van der Waals surface area (Å²) in [6.45, 7) is 4.71. The zero-order chi connectivity index (χ0) is 40.4. The molecule has 0 spiro atoms. The van der Waals surface area contributed by atoms with Crippen LogP contribution in [0.1, 0.15) is 40.4 Å². The Labute approximate surface area is 335 Å². The Hall–Kier alpha value is -6.04. The molecule has 3 N–H and O–H groups in total. The molecule has 2 aromatic heterocycles. The number of nitrogens with zero attached hydrogens (tertiary/aromatic N) is 5. The number of likely N-dealkylation sites (N-methyl/N-ethyl adjacent to an activating group) is 1. The number of ether oxygens (including phenoxy) is 2. The second kappa shape index (κ2) is 16.4.